The Labute approximate surface area is 191 Å². The second-order valence-corrected chi connectivity index (χ2v) is 8.35. The van der Waals surface area contributed by atoms with Crippen LogP contribution in [0.1, 0.15) is 21.6 Å². The number of carbonyl (C=O) groups excluding carboxylic acids is 1. The van der Waals surface area contributed by atoms with Gasteiger partial charge in [-0.1, -0.05) is 53.5 Å². The zero-order valence-electron chi connectivity index (χ0n) is 17.3. The van der Waals surface area contributed by atoms with Crippen LogP contribution in [0.2, 0.25) is 10.0 Å². The monoisotopic (exact) mass is 458 g/mol. The number of nitrogens with zero attached hydrogens (tertiary/aromatic N) is 4. The van der Waals surface area contributed by atoms with Gasteiger partial charge in [-0.15, -0.1) is 0 Å². The van der Waals surface area contributed by atoms with E-state index in [1.54, 1.807) is 35.1 Å². The average molecular weight is 459 g/mol. The number of benzene rings is 2. The van der Waals surface area contributed by atoms with Crippen LogP contribution in [0.15, 0.2) is 54.7 Å². The second-order valence-electron chi connectivity index (χ2n) is 7.56. The summed E-state index contributed by atoms with van der Waals surface area (Å²) >= 11 is 12.1. The Morgan fingerprint density at radius 3 is 2.58 bits per heavy atom. The number of aromatic nitrogens is 2. The molecule has 6 nitrogen and oxygen atoms in total. The highest BCUT2D eigenvalue weighted by atomic mass is 35.5. The van der Waals surface area contributed by atoms with Gasteiger partial charge in [0.2, 0.25) is 0 Å². The first-order valence-corrected chi connectivity index (χ1v) is 10.9. The molecule has 0 spiro atoms. The van der Waals surface area contributed by atoms with Crippen LogP contribution in [-0.4, -0.2) is 51.7 Å². The second kappa shape index (κ2) is 9.73. The molecule has 2 aromatic carbocycles. The van der Waals surface area contributed by atoms with Gasteiger partial charge in [0.15, 0.2) is 12.4 Å². The molecule has 0 N–H and O–H groups in total. The summed E-state index contributed by atoms with van der Waals surface area (Å²) in [5.74, 6) is 0.414. The Balaban J connectivity index is 1.30. The Morgan fingerprint density at radius 2 is 1.81 bits per heavy atom. The van der Waals surface area contributed by atoms with Crippen molar-refractivity contribution in [2.24, 2.45) is 0 Å². The van der Waals surface area contributed by atoms with Crippen molar-refractivity contribution in [2.45, 2.75) is 20.2 Å². The first-order chi connectivity index (χ1) is 15.0. The van der Waals surface area contributed by atoms with E-state index in [9.17, 15) is 4.79 Å². The van der Waals surface area contributed by atoms with Crippen LogP contribution in [0, 0.1) is 6.92 Å². The summed E-state index contributed by atoms with van der Waals surface area (Å²) < 4.78 is 7.24. The van der Waals surface area contributed by atoms with Crippen LogP contribution in [-0.2, 0) is 13.3 Å². The predicted molar refractivity (Wildman–Crippen MR) is 122 cm³/mol. The summed E-state index contributed by atoms with van der Waals surface area (Å²) in [6.45, 7) is 6.24. The molecule has 1 saturated heterocycles. The van der Waals surface area contributed by atoms with Crippen molar-refractivity contribution in [3.8, 4) is 5.75 Å². The minimum absolute atomic E-state index is 0.0601. The Hall–Kier alpha value is -2.54. The van der Waals surface area contributed by atoms with E-state index >= 15 is 0 Å². The minimum atomic E-state index is -0.0601. The summed E-state index contributed by atoms with van der Waals surface area (Å²) in [5.41, 5.74) is 3.04. The maximum absolute atomic E-state index is 12.9. The fraction of sp³-hybridized carbons (Fsp3) is 0.304. The standard InChI is InChI=1S/C23H24Cl2N4O2/c1-17-5-2-3-6-18(17)15-27-11-13-28(14-12-27)23(30)20-9-10-29(26-20)16-31-21-8-4-7-19(24)22(21)25/h2-10H,11-16H2,1H3. The van der Waals surface area contributed by atoms with Gasteiger partial charge in [0.25, 0.3) is 5.91 Å². The molecular weight excluding hydrogens is 435 g/mol. The third kappa shape index (κ3) is 5.21. The average Bonchev–Trinajstić information content (AvgIpc) is 3.25. The fourth-order valence-electron chi connectivity index (χ4n) is 3.58. The topological polar surface area (TPSA) is 50.6 Å². The summed E-state index contributed by atoms with van der Waals surface area (Å²) in [7, 11) is 0. The van der Waals surface area contributed by atoms with E-state index in [2.05, 4.69) is 41.2 Å². The Bertz CT molecular complexity index is 1060. The molecule has 0 unspecified atom stereocenters. The summed E-state index contributed by atoms with van der Waals surface area (Å²) in [5, 5.41) is 5.15. The number of hydrogen-bond donors (Lipinski definition) is 0. The molecule has 3 aromatic rings. The molecule has 8 heteroatoms. The van der Waals surface area contributed by atoms with Gasteiger partial charge in [0, 0.05) is 38.9 Å². The molecule has 1 amide bonds. The number of halogens is 2. The van der Waals surface area contributed by atoms with E-state index in [1.165, 1.54) is 11.1 Å². The number of rotatable bonds is 6. The van der Waals surface area contributed by atoms with Crippen molar-refractivity contribution in [3.05, 3.63) is 81.6 Å². The molecule has 0 saturated carbocycles. The van der Waals surface area contributed by atoms with Gasteiger partial charge in [-0.25, -0.2) is 4.68 Å². The molecule has 1 aromatic heterocycles. The Kier molecular flexibility index (Phi) is 6.80. The van der Waals surface area contributed by atoms with Crippen LogP contribution in [0.3, 0.4) is 0 Å². The van der Waals surface area contributed by atoms with Crippen molar-refractivity contribution in [2.75, 3.05) is 26.2 Å². The van der Waals surface area contributed by atoms with Crippen molar-refractivity contribution >= 4 is 29.1 Å². The van der Waals surface area contributed by atoms with E-state index in [4.69, 9.17) is 27.9 Å². The molecule has 162 valence electrons. The highest BCUT2D eigenvalue weighted by Gasteiger charge is 2.24. The first-order valence-electron chi connectivity index (χ1n) is 10.2. The number of aryl methyl sites for hydroxylation is 1. The smallest absolute Gasteiger partial charge is 0.274 e. The molecule has 0 atom stereocenters. The van der Waals surface area contributed by atoms with Gasteiger partial charge in [-0.3, -0.25) is 9.69 Å². The summed E-state index contributed by atoms with van der Waals surface area (Å²) in [4.78, 5) is 17.1. The van der Waals surface area contributed by atoms with E-state index in [0.29, 0.717) is 34.6 Å². The largest absolute Gasteiger partial charge is 0.470 e. The van der Waals surface area contributed by atoms with Gasteiger partial charge >= 0.3 is 0 Å². The molecular formula is C23H24Cl2N4O2. The molecule has 1 fully saturated rings. The van der Waals surface area contributed by atoms with Crippen LogP contribution < -0.4 is 4.74 Å². The fourth-order valence-corrected chi connectivity index (χ4v) is 3.92. The van der Waals surface area contributed by atoms with Crippen molar-refractivity contribution in [3.63, 3.8) is 0 Å². The highest BCUT2D eigenvalue weighted by molar-refractivity contribution is 6.42. The molecule has 4 rings (SSSR count). The number of piperazine rings is 1. The van der Waals surface area contributed by atoms with E-state index < -0.39 is 0 Å². The SMILES string of the molecule is Cc1ccccc1CN1CCN(C(=O)c2ccn(COc3cccc(Cl)c3Cl)n2)CC1. The first kappa shape index (κ1) is 21.7. The normalized spacial score (nSPS) is 14.6. The van der Waals surface area contributed by atoms with Gasteiger partial charge in [0.1, 0.15) is 10.8 Å². The Morgan fingerprint density at radius 1 is 1.03 bits per heavy atom. The molecule has 2 heterocycles. The lowest BCUT2D eigenvalue weighted by Crippen LogP contribution is -2.48. The summed E-state index contributed by atoms with van der Waals surface area (Å²) in [6.07, 6.45) is 1.72. The van der Waals surface area contributed by atoms with E-state index in [-0.39, 0.29) is 12.6 Å². The molecule has 0 bridgehead atoms. The lowest BCUT2D eigenvalue weighted by Gasteiger charge is -2.34. The number of carbonyl (C=O) groups is 1. The third-order valence-corrected chi connectivity index (χ3v) is 6.24. The molecule has 0 radical (unpaired) electrons. The van der Waals surface area contributed by atoms with Crippen molar-refractivity contribution < 1.29 is 9.53 Å². The molecule has 0 aliphatic carbocycles. The summed E-state index contributed by atoms with van der Waals surface area (Å²) in [6, 6.07) is 15.3. The number of hydrogen-bond acceptors (Lipinski definition) is 4. The van der Waals surface area contributed by atoms with Crippen molar-refractivity contribution in [1.29, 1.82) is 0 Å². The van der Waals surface area contributed by atoms with Crippen LogP contribution >= 0.6 is 23.2 Å². The lowest BCUT2D eigenvalue weighted by atomic mass is 10.1. The number of amides is 1. The molecule has 1 aliphatic heterocycles. The van der Waals surface area contributed by atoms with Crippen LogP contribution in [0.5, 0.6) is 5.75 Å². The van der Waals surface area contributed by atoms with Crippen LogP contribution in [0.25, 0.3) is 0 Å². The maximum Gasteiger partial charge on any atom is 0.274 e. The lowest BCUT2D eigenvalue weighted by molar-refractivity contribution is 0.0620. The molecule has 1 aliphatic rings. The highest BCUT2D eigenvalue weighted by Crippen LogP contribution is 2.31. The predicted octanol–water partition coefficient (Wildman–Crippen LogP) is 4.49. The maximum atomic E-state index is 12.9. The van der Waals surface area contributed by atoms with E-state index in [1.807, 2.05) is 4.90 Å². The van der Waals surface area contributed by atoms with Gasteiger partial charge in [0.05, 0.1) is 5.02 Å². The van der Waals surface area contributed by atoms with Crippen LogP contribution in [0.4, 0.5) is 0 Å². The van der Waals surface area contributed by atoms with E-state index in [0.717, 1.165) is 19.6 Å². The van der Waals surface area contributed by atoms with Gasteiger partial charge in [-0.2, -0.15) is 5.10 Å². The third-order valence-electron chi connectivity index (χ3n) is 5.44. The quantitative estimate of drug-likeness (QED) is 0.545. The molecule has 31 heavy (non-hydrogen) atoms. The van der Waals surface area contributed by atoms with Gasteiger partial charge < -0.3 is 9.64 Å². The van der Waals surface area contributed by atoms with Gasteiger partial charge in [-0.05, 0) is 36.2 Å². The number of ether oxygens (including phenoxy) is 1. The minimum Gasteiger partial charge on any atom is -0.470 e. The zero-order chi connectivity index (χ0) is 21.8. The van der Waals surface area contributed by atoms with Crippen molar-refractivity contribution in [1.82, 2.24) is 19.6 Å². The zero-order valence-corrected chi connectivity index (χ0v) is 18.8.